The molecule has 0 N–H and O–H groups in total. The van der Waals surface area contributed by atoms with Crippen LogP contribution < -0.4 is 44.7 Å². The monoisotopic (exact) mass is 479 g/mol. The standard InChI is InChI=1S/C34H21BO2.Li/c1-18-5-3-6-20(13-18)24-11-12-28-33-34(24)37-27-8-4-7-22-16-26-30-23(15-21-10-9-19(2)14-25(21)30)17-29(36-28)32(26)35(33)31(22)27;/h3-5,7-10,12-14,17H,15-16H2,1-2H3;/q-2;+1. The molecule has 4 heteroatoms. The first-order chi connectivity index (χ1) is 18.1. The van der Waals surface area contributed by atoms with Crippen LogP contribution in [0.3, 0.4) is 0 Å². The normalized spacial score (nSPS) is 14.0. The van der Waals surface area contributed by atoms with Crippen LogP contribution in [0.1, 0.15) is 33.4 Å². The third-order valence-corrected chi connectivity index (χ3v) is 8.57. The predicted octanol–water partition coefficient (Wildman–Crippen LogP) is 2.78. The summed E-state index contributed by atoms with van der Waals surface area (Å²) >= 11 is 0. The van der Waals surface area contributed by atoms with Crippen molar-refractivity contribution in [1.29, 1.82) is 0 Å². The SMILES string of the molecule is Cc1cc[c-]c(-c2[c-]cc3c4c2Oc2cccc5c2B4c2c(cc4c(c2C5)-c2cc(C)ccc2C4)O3)c1.[Li+]. The molecule has 174 valence electrons. The van der Waals surface area contributed by atoms with E-state index < -0.39 is 0 Å². The van der Waals surface area contributed by atoms with Crippen LogP contribution >= 0.6 is 0 Å². The summed E-state index contributed by atoms with van der Waals surface area (Å²) < 4.78 is 13.4. The molecule has 0 atom stereocenters. The molecule has 0 aromatic heterocycles. The summed E-state index contributed by atoms with van der Waals surface area (Å²) in [6.45, 7) is 4.39. The molecule has 38 heavy (non-hydrogen) atoms. The summed E-state index contributed by atoms with van der Waals surface area (Å²) in [5.74, 6) is 3.64. The molecule has 0 saturated heterocycles. The largest absolute Gasteiger partial charge is 1.00 e. The van der Waals surface area contributed by atoms with E-state index in [9.17, 15) is 0 Å². The van der Waals surface area contributed by atoms with Gasteiger partial charge in [-0.1, -0.05) is 48.3 Å². The Balaban J connectivity index is 0.00000225. The molecule has 9 rings (SSSR count). The molecule has 5 aromatic carbocycles. The first-order valence-corrected chi connectivity index (χ1v) is 13.0. The Morgan fingerprint density at radius 3 is 2.53 bits per heavy atom. The maximum atomic E-state index is 6.71. The fourth-order valence-electron chi connectivity index (χ4n) is 7.06. The zero-order valence-corrected chi connectivity index (χ0v) is 21.7. The zero-order chi connectivity index (χ0) is 24.4. The minimum absolute atomic E-state index is 0. The van der Waals surface area contributed by atoms with Crippen molar-refractivity contribution >= 4 is 23.1 Å². The van der Waals surface area contributed by atoms with Crippen molar-refractivity contribution in [3.8, 4) is 45.3 Å². The van der Waals surface area contributed by atoms with Crippen molar-refractivity contribution in [2.24, 2.45) is 0 Å². The molecule has 3 heterocycles. The zero-order valence-electron chi connectivity index (χ0n) is 21.7. The summed E-state index contributed by atoms with van der Waals surface area (Å²) in [5.41, 5.74) is 16.5. The Labute approximate surface area is 234 Å². The number of ether oxygens (including phenoxy) is 2. The van der Waals surface area contributed by atoms with Crippen LogP contribution in [0.25, 0.3) is 22.3 Å². The van der Waals surface area contributed by atoms with Gasteiger partial charge in [-0.2, -0.15) is 29.8 Å². The Kier molecular flexibility index (Phi) is 4.53. The van der Waals surface area contributed by atoms with Gasteiger partial charge in [0.05, 0.1) is 0 Å². The molecule has 0 saturated carbocycles. The molecular weight excluding hydrogens is 458 g/mol. The molecule has 0 radical (unpaired) electrons. The van der Waals surface area contributed by atoms with Gasteiger partial charge in [-0.3, -0.25) is 0 Å². The van der Waals surface area contributed by atoms with Gasteiger partial charge in [0, 0.05) is 11.5 Å². The van der Waals surface area contributed by atoms with E-state index >= 15 is 0 Å². The summed E-state index contributed by atoms with van der Waals surface area (Å²) in [4.78, 5) is 0. The fourth-order valence-corrected chi connectivity index (χ4v) is 7.06. The van der Waals surface area contributed by atoms with Crippen LogP contribution in [-0.4, -0.2) is 6.71 Å². The average Bonchev–Trinajstić information content (AvgIpc) is 3.26. The van der Waals surface area contributed by atoms with Gasteiger partial charge >= 0.3 is 18.9 Å². The summed E-state index contributed by atoms with van der Waals surface area (Å²) in [6, 6.07) is 30.8. The van der Waals surface area contributed by atoms with E-state index in [4.69, 9.17) is 9.47 Å². The first kappa shape index (κ1) is 22.4. The molecule has 5 aromatic rings. The molecule has 0 bridgehead atoms. The fraction of sp³-hybridized carbons (Fsp3) is 0.118. The van der Waals surface area contributed by atoms with Crippen LogP contribution in [0.5, 0.6) is 23.0 Å². The number of rotatable bonds is 1. The summed E-state index contributed by atoms with van der Waals surface area (Å²) in [6.07, 6.45) is 1.86. The molecule has 1 aliphatic carbocycles. The molecule has 3 aliphatic heterocycles. The number of benzene rings is 5. The first-order valence-electron chi connectivity index (χ1n) is 13.0. The number of fused-ring (bicyclic) bond motifs is 4. The Morgan fingerprint density at radius 1 is 0.737 bits per heavy atom. The second-order valence-corrected chi connectivity index (χ2v) is 10.8. The van der Waals surface area contributed by atoms with Gasteiger partial charge in [0.15, 0.2) is 0 Å². The smallest absolute Gasteiger partial charge is 0.512 e. The van der Waals surface area contributed by atoms with Crippen LogP contribution in [-0.2, 0) is 12.8 Å². The van der Waals surface area contributed by atoms with E-state index in [0.717, 1.165) is 52.4 Å². The quantitative estimate of drug-likeness (QED) is 0.267. The molecule has 4 aliphatic rings. The molecule has 0 amide bonds. The molecule has 2 nitrogen and oxygen atoms in total. The minimum atomic E-state index is 0. The number of hydrogen-bond acceptors (Lipinski definition) is 2. The van der Waals surface area contributed by atoms with E-state index in [1.807, 2.05) is 12.1 Å². The molecule has 0 spiro atoms. The van der Waals surface area contributed by atoms with Gasteiger partial charge in [0.2, 0.25) is 6.71 Å². The molecular formula is C34H21BLiO2-. The van der Waals surface area contributed by atoms with Gasteiger partial charge in [0.1, 0.15) is 11.5 Å². The summed E-state index contributed by atoms with van der Waals surface area (Å²) in [7, 11) is 0. The van der Waals surface area contributed by atoms with Crippen molar-refractivity contribution in [2.45, 2.75) is 26.7 Å². The van der Waals surface area contributed by atoms with Crippen LogP contribution in [0, 0.1) is 26.0 Å². The van der Waals surface area contributed by atoms with Crippen LogP contribution in [0.4, 0.5) is 0 Å². The molecule has 0 unspecified atom stereocenters. The minimum Gasteiger partial charge on any atom is -0.512 e. The van der Waals surface area contributed by atoms with E-state index in [1.165, 1.54) is 55.4 Å². The van der Waals surface area contributed by atoms with Gasteiger partial charge in [-0.15, -0.1) is 17.7 Å². The van der Waals surface area contributed by atoms with Crippen molar-refractivity contribution < 1.29 is 28.3 Å². The Bertz CT molecular complexity index is 1870. The third-order valence-electron chi connectivity index (χ3n) is 8.57. The van der Waals surface area contributed by atoms with Crippen LogP contribution in [0.15, 0.2) is 66.7 Å². The van der Waals surface area contributed by atoms with Gasteiger partial charge in [0.25, 0.3) is 0 Å². The summed E-state index contributed by atoms with van der Waals surface area (Å²) in [5, 5.41) is 0. The van der Waals surface area contributed by atoms with Crippen molar-refractivity contribution in [3.63, 3.8) is 0 Å². The van der Waals surface area contributed by atoms with Crippen LogP contribution in [0.2, 0.25) is 0 Å². The average molecular weight is 479 g/mol. The van der Waals surface area contributed by atoms with E-state index in [-0.39, 0.29) is 25.6 Å². The second-order valence-electron chi connectivity index (χ2n) is 10.8. The van der Waals surface area contributed by atoms with Gasteiger partial charge < -0.3 is 9.47 Å². The van der Waals surface area contributed by atoms with Crippen molar-refractivity contribution in [3.05, 3.63) is 112 Å². The molecule has 0 fully saturated rings. The maximum absolute atomic E-state index is 6.71. The maximum Gasteiger partial charge on any atom is 1.00 e. The van der Waals surface area contributed by atoms with Crippen molar-refractivity contribution in [1.82, 2.24) is 0 Å². The predicted molar refractivity (Wildman–Crippen MR) is 148 cm³/mol. The van der Waals surface area contributed by atoms with E-state index in [2.05, 4.69) is 80.6 Å². The number of hydrogen-bond donors (Lipinski definition) is 0. The Hall–Kier alpha value is -3.64. The van der Waals surface area contributed by atoms with Gasteiger partial charge in [-0.05, 0) is 76.2 Å². The third kappa shape index (κ3) is 2.81. The van der Waals surface area contributed by atoms with Crippen molar-refractivity contribution in [2.75, 3.05) is 0 Å². The number of aryl methyl sites for hydroxylation is 2. The second kappa shape index (κ2) is 7.70. The Morgan fingerprint density at radius 2 is 1.63 bits per heavy atom. The van der Waals surface area contributed by atoms with E-state index in [1.54, 1.807) is 0 Å². The topological polar surface area (TPSA) is 18.5 Å². The van der Waals surface area contributed by atoms with E-state index in [0.29, 0.717) is 0 Å². The van der Waals surface area contributed by atoms with Gasteiger partial charge in [-0.25, -0.2) is 5.56 Å².